The van der Waals surface area contributed by atoms with Crippen LogP contribution in [0.2, 0.25) is 0 Å². The second-order valence-electron chi connectivity index (χ2n) is 3.12. The molecule has 0 fully saturated rings. The zero-order chi connectivity index (χ0) is 10.8. The fraction of sp³-hybridized carbons (Fsp3) is 0.200. The first-order chi connectivity index (χ1) is 7.15. The average Bonchev–Trinajstić information content (AvgIpc) is 2.72. The number of carboxylic acid groups (broad SMARTS) is 1. The van der Waals surface area contributed by atoms with Crippen LogP contribution in [0.4, 0.5) is 0 Å². The van der Waals surface area contributed by atoms with Crippen LogP contribution in [0.5, 0.6) is 0 Å². The lowest BCUT2D eigenvalue weighted by Crippen LogP contribution is -1.99. The van der Waals surface area contributed by atoms with Crippen LogP contribution in [0.3, 0.4) is 0 Å². The third kappa shape index (κ3) is 2.24. The van der Waals surface area contributed by atoms with Gasteiger partial charge in [0.05, 0.1) is 12.1 Å². The second-order valence-corrected chi connectivity index (χ2v) is 3.98. The Hall–Kier alpha value is -1.62. The standard InChI is InChI=1S/C10H9NO3S/c1-6-2-3-8(14-6)10-11-7(5-15-10)4-9(12)13/h2-3,5H,4H2,1H3,(H,12,13). The van der Waals surface area contributed by atoms with E-state index >= 15 is 0 Å². The summed E-state index contributed by atoms with van der Waals surface area (Å²) < 4.78 is 5.39. The van der Waals surface area contributed by atoms with Gasteiger partial charge >= 0.3 is 5.97 Å². The quantitative estimate of drug-likeness (QED) is 0.867. The summed E-state index contributed by atoms with van der Waals surface area (Å²) in [6.07, 6.45) is -0.0454. The average molecular weight is 223 g/mol. The Bertz CT molecular complexity index is 486. The second kappa shape index (κ2) is 3.86. The van der Waals surface area contributed by atoms with Crippen molar-refractivity contribution in [2.45, 2.75) is 13.3 Å². The van der Waals surface area contributed by atoms with Gasteiger partial charge in [-0.3, -0.25) is 4.79 Å². The number of aliphatic carboxylic acids is 1. The maximum Gasteiger partial charge on any atom is 0.309 e. The van der Waals surface area contributed by atoms with Gasteiger partial charge in [0.15, 0.2) is 10.8 Å². The minimum atomic E-state index is -0.873. The number of hydrogen-bond acceptors (Lipinski definition) is 4. The molecule has 0 bridgehead atoms. The molecule has 2 aromatic rings. The van der Waals surface area contributed by atoms with Crippen molar-refractivity contribution in [3.8, 4) is 10.8 Å². The molecule has 0 amide bonds. The summed E-state index contributed by atoms with van der Waals surface area (Å²) in [5.41, 5.74) is 0.566. The van der Waals surface area contributed by atoms with Gasteiger partial charge in [-0.05, 0) is 19.1 Å². The van der Waals surface area contributed by atoms with E-state index in [4.69, 9.17) is 9.52 Å². The van der Waals surface area contributed by atoms with Crippen molar-refractivity contribution in [2.24, 2.45) is 0 Å². The van der Waals surface area contributed by atoms with E-state index in [0.29, 0.717) is 11.5 Å². The molecule has 0 saturated heterocycles. The molecule has 0 unspecified atom stereocenters. The number of aromatic nitrogens is 1. The molecule has 2 aromatic heterocycles. The first kappa shape index (κ1) is 9.92. The molecule has 2 rings (SSSR count). The van der Waals surface area contributed by atoms with Crippen LogP contribution in [-0.4, -0.2) is 16.1 Å². The number of hydrogen-bond donors (Lipinski definition) is 1. The number of nitrogens with zero attached hydrogens (tertiary/aromatic N) is 1. The van der Waals surface area contributed by atoms with Gasteiger partial charge in [-0.1, -0.05) is 0 Å². The summed E-state index contributed by atoms with van der Waals surface area (Å²) in [5, 5.41) is 11.1. The minimum Gasteiger partial charge on any atom is -0.481 e. The summed E-state index contributed by atoms with van der Waals surface area (Å²) in [5.74, 6) is 0.636. The lowest BCUT2D eigenvalue weighted by Gasteiger charge is -1.89. The third-order valence-corrected chi connectivity index (χ3v) is 2.74. The van der Waals surface area contributed by atoms with Crippen LogP contribution in [0.15, 0.2) is 21.9 Å². The van der Waals surface area contributed by atoms with Gasteiger partial charge in [-0.2, -0.15) is 0 Å². The number of rotatable bonds is 3. The largest absolute Gasteiger partial charge is 0.481 e. The first-order valence-corrected chi connectivity index (χ1v) is 5.26. The van der Waals surface area contributed by atoms with E-state index in [1.54, 1.807) is 5.38 Å². The third-order valence-electron chi connectivity index (χ3n) is 1.84. The lowest BCUT2D eigenvalue weighted by atomic mass is 10.3. The first-order valence-electron chi connectivity index (χ1n) is 4.38. The van der Waals surface area contributed by atoms with Gasteiger partial charge < -0.3 is 9.52 Å². The van der Waals surface area contributed by atoms with Gasteiger partial charge in [0.1, 0.15) is 5.76 Å². The summed E-state index contributed by atoms with van der Waals surface area (Å²) in [4.78, 5) is 14.6. The van der Waals surface area contributed by atoms with Gasteiger partial charge in [-0.25, -0.2) is 4.98 Å². The van der Waals surface area contributed by atoms with E-state index in [1.165, 1.54) is 11.3 Å². The van der Waals surface area contributed by atoms with Crippen LogP contribution in [0, 0.1) is 6.92 Å². The number of furan rings is 1. The Morgan fingerprint density at radius 3 is 3.00 bits per heavy atom. The molecular weight excluding hydrogens is 214 g/mol. The zero-order valence-corrected chi connectivity index (χ0v) is 8.87. The number of aryl methyl sites for hydroxylation is 1. The van der Waals surface area contributed by atoms with Crippen molar-refractivity contribution in [3.63, 3.8) is 0 Å². The number of carbonyl (C=O) groups is 1. The highest BCUT2D eigenvalue weighted by molar-refractivity contribution is 7.13. The van der Waals surface area contributed by atoms with E-state index in [0.717, 1.165) is 10.8 Å². The molecule has 0 aliphatic carbocycles. The number of thiazole rings is 1. The molecule has 0 saturated carbocycles. The van der Waals surface area contributed by atoms with Crippen LogP contribution in [0.1, 0.15) is 11.5 Å². The van der Waals surface area contributed by atoms with E-state index in [1.807, 2.05) is 19.1 Å². The van der Waals surface area contributed by atoms with Gasteiger partial charge in [0.25, 0.3) is 0 Å². The van der Waals surface area contributed by atoms with Crippen molar-refractivity contribution >= 4 is 17.3 Å². The molecule has 4 nitrogen and oxygen atoms in total. The Balaban J connectivity index is 2.23. The minimum absolute atomic E-state index is 0.0454. The summed E-state index contributed by atoms with van der Waals surface area (Å²) >= 11 is 1.39. The smallest absolute Gasteiger partial charge is 0.309 e. The van der Waals surface area contributed by atoms with Gasteiger partial charge in [-0.15, -0.1) is 11.3 Å². The molecule has 0 radical (unpaired) electrons. The molecule has 0 spiro atoms. The monoisotopic (exact) mass is 223 g/mol. The van der Waals surface area contributed by atoms with Crippen molar-refractivity contribution in [1.82, 2.24) is 4.98 Å². The highest BCUT2D eigenvalue weighted by Gasteiger charge is 2.10. The molecule has 15 heavy (non-hydrogen) atoms. The van der Waals surface area contributed by atoms with Gasteiger partial charge in [0.2, 0.25) is 0 Å². The highest BCUT2D eigenvalue weighted by atomic mass is 32.1. The fourth-order valence-corrected chi connectivity index (χ4v) is 1.99. The maximum absolute atomic E-state index is 10.5. The van der Waals surface area contributed by atoms with Crippen LogP contribution in [-0.2, 0) is 11.2 Å². The molecule has 1 N–H and O–H groups in total. The van der Waals surface area contributed by atoms with Crippen LogP contribution in [0.25, 0.3) is 10.8 Å². The molecule has 2 heterocycles. The Morgan fingerprint density at radius 1 is 1.60 bits per heavy atom. The van der Waals surface area contributed by atoms with E-state index < -0.39 is 5.97 Å². The SMILES string of the molecule is Cc1ccc(-c2nc(CC(=O)O)cs2)o1. The molecule has 5 heteroatoms. The predicted octanol–water partition coefficient (Wildman–Crippen LogP) is 2.34. The summed E-state index contributed by atoms with van der Waals surface area (Å²) in [6.45, 7) is 1.86. The zero-order valence-electron chi connectivity index (χ0n) is 8.06. The summed E-state index contributed by atoms with van der Waals surface area (Å²) in [7, 11) is 0. The Kier molecular flexibility index (Phi) is 2.55. The van der Waals surface area contributed by atoms with Crippen LogP contribution >= 0.6 is 11.3 Å². The Morgan fingerprint density at radius 2 is 2.40 bits per heavy atom. The Labute approximate surface area is 90.2 Å². The molecule has 0 aromatic carbocycles. The van der Waals surface area contributed by atoms with Gasteiger partial charge in [0, 0.05) is 5.38 Å². The van der Waals surface area contributed by atoms with E-state index in [9.17, 15) is 4.79 Å². The molecule has 0 aliphatic heterocycles. The van der Waals surface area contributed by atoms with E-state index in [-0.39, 0.29) is 6.42 Å². The molecule has 0 atom stereocenters. The summed E-state index contributed by atoms with van der Waals surface area (Å²) in [6, 6.07) is 3.69. The molecule has 78 valence electrons. The van der Waals surface area contributed by atoms with Crippen LogP contribution < -0.4 is 0 Å². The predicted molar refractivity (Wildman–Crippen MR) is 55.9 cm³/mol. The highest BCUT2D eigenvalue weighted by Crippen LogP contribution is 2.25. The maximum atomic E-state index is 10.5. The topological polar surface area (TPSA) is 63.3 Å². The normalized spacial score (nSPS) is 10.5. The van der Waals surface area contributed by atoms with Crippen molar-refractivity contribution in [2.75, 3.05) is 0 Å². The fourth-order valence-electron chi connectivity index (χ4n) is 1.21. The molecule has 0 aliphatic rings. The van der Waals surface area contributed by atoms with E-state index in [2.05, 4.69) is 4.98 Å². The van der Waals surface area contributed by atoms with Crippen molar-refractivity contribution in [3.05, 3.63) is 29.0 Å². The molecular formula is C10H9NO3S. The number of carboxylic acids is 1. The lowest BCUT2D eigenvalue weighted by molar-refractivity contribution is -0.136. The van der Waals surface area contributed by atoms with Crippen molar-refractivity contribution < 1.29 is 14.3 Å². The van der Waals surface area contributed by atoms with Crippen molar-refractivity contribution in [1.29, 1.82) is 0 Å².